The first-order valence-corrected chi connectivity index (χ1v) is 3.99. The predicted molar refractivity (Wildman–Crippen MR) is 41.2 cm³/mol. The van der Waals surface area contributed by atoms with Crippen LogP contribution in [0.25, 0.3) is 0 Å². The third-order valence-electron chi connectivity index (χ3n) is 1.68. The highest BCUT2D eigenvalue weighted by molar-refractivity contribution is 9.09. The Kier molecular flexibility index (Phi) is 2.46. The topological polar surface area (TPSA) is 64.1 Å². The van der Waals surface area contributed by atoms with Crippen molar-refractivity contribution in [3.05, 3.63) is 0 Å². The molecule has 2 unspecified atom stereocenters. The van der Waals surface area contributed by atoms with Crippen LogP contribution in [0.2, 0.25) is 0 Å². The fourth-order valence-corrected chi connectivity index (χ4v) is 1.81. The Hall–Kier alpha value is 0.360. The van der Waals surface area contributed by atoms with E-state index in [4.69, 9.17) is 11.5 Å². The lowest BCUT2D eigenvalue weighted by Crippen LogP contribution is -2.42. The molecule has 0 spiro atoms. The molecule has 1 aliphatic rings. The van der Waals surface area contributed by atoms with Gasteiger partial charge in [-0.2, -0.15) is 0 Å². The van der Waals surface area contributed by atoms with Gasteiger partial charge in [0.05, 0.1) is 6.17 Å². The second kappa shape index (κ2) is 2.96. The minimum absolute atomic E-state index is 0.190. The van der Waals surface area contributed by atoms with Crippen molar-refractivity contribution >= 4 is 15.9 Å². The van der Waals surface area contributed by atoms with Gasteiger partial charge in [0, 0.05) is 23.8 Å². The Morgan fingerprint density at radius 3 is 2.33 bits per heavy atom. The smallest absolute Gasteiger partial charge is 0.0573 e. The van der Waals surface area contributed by atoms with Crippen molar-refractivity contribution in [3.63, 3.8) is 0 Å². The van der Waals surface area contributed by atoms with Crippen LogP contribution < -0.4 is 16.8 Å². The SMILES string of the molecule is NC(N)C1CNCC1Br. The van der Waals surface area contributed by atoms with E-state index in [0.717, 1.165) is 13.1 Å². The van der Waals surface area contributed by atoms with Gasteiger partial charge in [0.1, 0.15) is 0 Å². The number of nitrogens with two attached hydrogens (primary N) is 2. The van der Waals surface area contributed by atoms with Crippen molar-refractivity contribution in [1.29, 1.82) is 0 Å². The predicted octanol–water partition coefficient (Wildman–Crippen LogP) is -0.787. The van der Waals surface area contributed by atoms with Gasteiger partial charge < -0.3 is 16.8 Å². The Bertz CT molecular complexity index is 96.2. The van der Waals surface area contributed by atoms with E-state index in [1.54, 1.807) is 0 Å². The lowest BCUT2D eigenvalue weighted by molar-refractivity contribution is 0.478. The van der Waals surface area contributed by atoms with Crippen LogP contribution in [-0.4, -0.2) is 24.1 Å². The van der Waals surface area contributed by atoms with Crippen molar-refractivity contribution in [3.8, 4) is 0 Å². The molecule has 0 radical (unpaired) electrons. The molecule has 54 valence electrons. The van der Waals surface area contributed by atoms with Gasteiger partial charge in [0.2, 0.25) is 0 Å². The standard InChI is InChI=1S/C5H12BrN3/c6-4-2-9-1-3(4)5(7)8/h3-5,9H,1-2,7-8H2. The summed E-state index contributed by atoms with van der Waals surface area (Å²) in [5.74, 6) is 0.394. The van der Waals surface area contributed by atoms with Crippen molar-refractivity contribution in [1.82, 2.24) is 5.32 Å². The molecule has 5 N–H and O–H groups in total. The fourth-order valence-electron chi connectivity index (χ4n) is 1.04. The Balaban J connectivity index is 2.40. The zero-order valence-electron chi connectivity index (χ0n) is 5.18. The van der Waals surface area contributed by atoms with E-state index in [1.807, 2.05) is 0 Å². The molecule has 1 saturated heterocycles. The van der Waals surface area contributed by atoms with Crippen LogP contribution in [0.3, 0.4) is 0 Å². The third kappa shape index (κ3) is 1.64. The van der Waals surface area contributed by atoms with Gasteiger partial charge in [-0.3, -0.25) is 0 Å². The number of alkyl halides is 1. The first-order chi connectivity index (χ1) is 4.22. The van der Waals surface area contributed by atoms with E-state index in [1.165, 1.54) is 0 Å². The molecule has 0 saturated carbocycles. The molecule has 0 aromatic rings. The number of hydrogen-bond acceptors (Lipinski definition) is 3. The molecule has 0 aliphatic carbocycles. The van der Waals surface area contributed by atoms with Crippen LogP contribution in [-0.2, 0) is 0 Å². The largest absolute Gasteiger partial charge is 0.316 e. The van der Waals surface area contributed by atoms with Gasteiger partial charge in [0.25, 0.3) is 0 Å². The summed E-state index contributed by atoms with van der Waals surface area (Å²) in [6.45, 7) is 1.92. The summed E-state index contributed by atoms with van der Waals surface area (Å²) < 4.78 is 0. The molecule has 1 aliphatic heterocycles. The molecule has 1 fully saturated rings. The van der Waals surface area contributed by atoms with E-state index >= 15 is 0 Å². The van der Waals surface area contributed by atoms with Gasteiger partial charge in [0.15, 0.2) is 0 Å². The first kappa shape index (κ1) is 7.47. The molecule has 0 amide bonds. The number of nitrogens with one attached hydrogen (secondary N) is 1. The molecule has 2 atom stereocenters. The Labute approximate surface area is 63.3 Å². The number of halogens is 1. The molecule has 0 aromatic heterocycles. The molecular formula is C5H12BrN3. The van der Waals surface area contributed by atoms with E-state index in [2.05, 4.69) is 21.2 Å². The summed E-state index contributed by atoms with van der Waals surface area (Å²) in [6, 6.07) is 0. The lowest BCUT2D eigenvalue weighted by Gasteiger charge is -2.15. The third-order valence-corrected chi connectivity index (χ3v) is 2.68. The summed E-state index contributed by atoms with van der Waals surface area (Å²) in [7, 11) is 0. The highest BCUT2D eigenvalue weighted by atomic mass is 79.9. The molecule has 3 nitrogen and oxygen atoms in total. The van der Waals surface area contributed by atoms with Gasteiger partial charge in [-0.1, -0.05) is 15.9 Å². The quantitative estimate of drug-likeness (QED) is 0.378. The molecule has 1 heterocycles. The van der Waals surface area contributed by atoms with Crippen molar-refractivity contribution < 1.29 is 0 Å². The summed E-state index contributed by atoms with van der Waals surface area (Å²) in [4.78, 5) is 0.456. The van der Waals surface area contributed by atoms with Crippen LogP contribution in [0, 0.1) is 5.92 Å². The maximum absolute atomic E-state index is 5.50. The molecule has 0 aromatic carbocycles. The second-order valence-electron chi connectivity index (χ2n) is 2.42. The second-order valence-corrected chi connectivity index (χ2v) is 3.59. The van der Waals surface area contributed by atoms with Crippen LogP contribution in [0.5, 0.6) is 0 Å². The number of rotatable bonds is 1. The van der Waals surface area contributed by atoms with Crippen molar-refractivity contribution in [2.45, 2.75) is 11.0 Å². The Morgan fingerprint density at radius 1 is 1.44 bits per heavy atom. The molecule has 4 heteroatoms. The maximum Gasteiger partial charge on any atom is 0.0573 e. The van der Waals surface area contributed by atoms with E-state index < -0.39 is 0 Å². The zero-order valence-corrected chi connectivity index (χ0v) is 6.76. The lowest BCUT2D eigenvalue weighted by atomic mass is 10.1. The van der Waals surface area contributed by atoms with Crippen molar-refractivity contribution in [2.75, 3.05) is 13.1 Å². The molecule has 1 rings (SSSR count). The summed E-state index contributed by atoms with van der Waals surface area (Å²) in [5.41, 5.74) is 11.0. The highest BCUT2D eigenvalue weighted by Crippen LogP contribution is 2.17. The average molecular weight is 194 g/mol. The van der Waals surface area contributed by atoms with E-state index in [-0.39, 0.29) is 6.17 Å². The highest BCUT2D eigenvalue weighted by Gasteiger charge is 2.27. The van der Waals surface area contributed by atoms with Crippen LogP contribution in [0.1, 0.15) is 0 Å². The fraction of sp³-hybridized carbons (Fsp3) is 1.00. The first-order valence-electron chi connectivity index (χ1n) is 3.08. The Morgan fingerprint density at radius 2 is 2.11 bits per heavy atom. The van der Waals surface area contributed by atoms with E-state index in [9.17, 15) is 0 Å². The van der Waals surface area contributed by atoms with Gasteiger partial charge in [-0.15, -0.1) is 0 Å². The normalized spacial score (nSPS) is 36.0. The summed E-state index contributed by atoms with van der Waals surface area (Å²) >= 11 is 3.48. The minimum Gasteiger partial charge on any atom is -0.316 e. The van der Waals surface area contributed by atoms with Crippen molar-refractivity contribution in [2.24, 2.45) is 17.4 Å². The van der Waals surface area contributed by atoms with Gasteiger partial charge in [-0.25, -0.2) is 0 Å². The van der Waals surface area contributed by atoms with Crippen LogP contribution in [0.4, 0.5) is 0 Å². The summed E-state index contributed by atoms with van der Waals surface area (Å²) in [6.07, 6.45) is -0.190. The van der Waals surface area contributed by atoms with E-state index in [0.29, 0.717) is 10.7 Å². The van der Waals surface area contributed by atoms with Gasteiger partial charge >= 0.3 is 0 Å². The monoisotopic (exact) mass is 193 g/mol. The average Bonchev–Trinajstić information content (AvgIpc) is 2.13. The van der Waals surface area contributed by atoms with Crippen LogP contribution in [0.15, 0.2) is 0 Å². The van der Waals surface area contributed by atoms with Crippen LogP contribution >= 0.6 is 15.9 Å². The minimum atomic E-state index is -0.190. The molecular weight excluding hydrogens is 182 g/mol. The number of hydrogen-bond donors (Lipinski definition) is 3. The zero-order chi connectivity index (χ0) is 6.85. The maximum atomic E-state index is 5.50. The summed E-state index contributed by atoms with van der Waals surface area (Å²) in [5, 5.41) is 3.20. The van der Waals surface area contributed by atoms with Gasteiger partial charge in [-0.05, 0) is 0 Å². The molecule has 9 heavy (non-hydrogen) atoms. The molecule has 0 bridgehead atoms.